The van der Waals surface area contributed by atoms with E-state index in [-0.39, 0.29) is 16.9 Å². The van der Waals surface area contributed by atoms with Crippen LogP contribution in [-0.4, -0.2) is 6.04 Å². The van der Waals surface area contributed by atoms with Crippen LogP contribution >= 0.6 is 23.2 Å². The van der Waals surface area contributed by atoms with Gasteiger partial charge in [-0.15, -0.1) is 0 Å². The van der Waals surface area contributed by atoms with E-state index in [1.165, 1.54) is 12.1 Å². The fourth-order valence-electron chi connectivity index (χ4n) is 1.08. The number of benzene rings is 1. The number of halogens is 3. The molecule has 0 saturated heterocycles. The topological polar surface area (TPSA) is 26.0 Å². The molecule has 1 unspecified atom stereocenters. The van der Waals surface area contributed by atoms with Gasteiger partial charge in [0, 0.05) is 11.6 Å². The summed E-state index contributed by atoms with van der Waals surface area (Å²) in [5, 5.41) is 0.623. The maximum atomic E-state index is 13.2. The summed E-state index contributed by atoms with van der Waals surface area (Å²) >= 11 is 11.5. The van der Waals surface area contributed by atoms with Crippen molar-refractivity contribution in [1.29, 1.82) is 0 Å². The first-order valence-corrected chi connectivity index (χ1v) is 4.66. The van der Waals surface area contributed by atoms with Gasteiger partial charge in [-0.2, -0.15) is 0 Å². The van der Waals surface area contributed by atoms with E-state index >= 15 is 0 Å². The van der Waals surface area contributed by atoms with Crippen molar-refractivity contribution in [2.45, 2.75) is 19.4 Å². The Morgan fingerprint density at radius 2 is 2.08 bits per heavy atom. The van der Waals surface area contributed by atoms with Crippen LogP contribution in [0, 0.1) is 5.82 Å². The van der Waals surface area contributed by atoms with Crippen LogP contribution in [0.4, 0.5) is 4.39 Å². The van der Waals surface area contributed by atoms with E-state index in [1.807, 2.05) is 0 Å². The second kappa shape index (κ2) is 4.27. The SMILES string of the molecule is CC(N)Cc1c(F)ccc(Cl)c1Cl. The third-order valence-corrected chi connectivity index (χ3v) is 2.51. The molecule has 0 bridgehead atoms. The number of rotatable bonds is 2. The number of hydrogen-bond donors (Lipinski definition) is 1. The van der Waals surface area contributed by atoms with Crippen LogP contribution in [0.2, 0.25) is 10.0 Å². The van der Waals surface area contributed by atoms with Gasteiger partial charge in [0.25, 0.3) is 0 Å². The van der Waals surface area contributed by atoms with Crippen LogP contribution < -0.4 is 5.73 Å². The minimum atomic E-state index is -0.355. The van der Waals surface area contributed by atoms with Crippen molar-refractivity contribution >= 4 is 23.2 Å². The van der Waals surface area contributed by atoms with Crippen molar-refractivity contribution in [3.63, 3.8) is 0 Å². The second-order valence-corrected chi connectivity index (χ2v) is 3.79. The lowest BCUT2D eigenvalue weighted by molar-refractivity contribution is 0.596. The first-order chi connectivity index (χ1) is 6.02. The lowest BCUT2D eigenvalue weighted by Gasteiger charge is -2.09. The zero-order valence-corrected chi connectivity index (χ0v) is 8.66. The Bertz CT molecular complexity index is 313. The normalized spacial score (nSPS) is 13.0. The van der Waals surface area contributed by atoms with Gasteiger partial charge < -0.3 is 5.73 Å². The minimum absolute atomic E-state index is 0.134. The molecule has 0 spiro atoms. The predicted molar refractivity (Wildman–Crippen MR) is 53.8 cm³/mol. The van der Waals surface area contributed by atoms with E-state index in [0.717, 1.165) is 0 Å². The highest BCUT2D eigenvalue weighted by atomic mass is 35.5. The Morgan fingerprint density at radius 3 is 2.62 bits per heavy atom. The van der Waals surface area contributed by atoms with Crippen LogP contribution in [0.3, 0.4) is 0 Å². The summed E-state index contributed by atoms with van der Waals surface area (Å²) in [6.45, 7) is 1.79. The van der Waals surface area contributed by atoms with E-state index in [1.54, 1.807) is 6.92 Å². The lowest BCUT2D eigenvalue weighted by atomic mass is 10.1. The Labute approximate surface area is 86.6 Å². The molecule has 2 N–H and O–H groups in total. The van der Waals surface area contributed by atoms with Gasteiger partial charge in [0.1, 0.15) is 5.82 Å². The zero-order valence-electron chi connectivity index (χ0n) is 7.15. The molecule has 72 valence electrons. The van der Waals surface area contributed by atoms with E-state index in [9.17, 15) is 4.39 Å². The maximum absolute atomic E-state index is 13.2. The average Bonchev–Trinajstić information content (AvgIpc) is 2.05. The molecular formula is C9H10Cl2FN. The molecule has 4 heteroatoms. The summed E-state index contributed by atoms with van der Waals surface area (Å²) in [4.78, 5) is 0. The highest BCUT2D eigenvalue weighted by molar-refractivity contribution is 6.42. The Balaban J connectivity index is 3.10. The van der Waals surface area contributed by atoms with Crippen LogP contribution in [-0.2, 0) is 6.42 Å². The summed E-state index contributed by atoms with van der Waals surface area (Å²) < 4.78 is 13.2. The largest absolute Gasteiger partial charge is 0.328 e. The van der Waals surface area contributed by atoms with Gasteiger partial charge in [0.15, 0.2) is 0 Å². The van der Waals surface area contributed by atoms with E-state index in [2.05, 4.69) is 0 Å². The first kappa shape index (κ1) is 10.8. The van der Waals surface area contributed by atoms with Crippen molar-refractivity contribution in [1.82, 2.24) is 0 Å². The van der Waals surface area contributed by atoms with Crippen molar-refractivity contribution in [2.75, 3.05) is 0 Å². The molecule has 0 fully saturated rings. The smallest absolute Gasteiger partial charge is 0.128 e. The Hall–Kier alpha value is -0.310. The monoisotopic (exact) mass is 221 g/mol. The van der Waals surface area contributed by atoms with Crippen LogP contribution in [0.25, 0.3) is 0 Å². The van der Waals surface area contributed by atoms with Crippen molar-refractivity contribution < 1.29 is 4.39 Å². The van der Waals surface area contributed by atoms with Crippen molar-refractivity contribution in [2.24, 2.45) is 5.73 Å². The zero-order chi connectivity index (χ0) is 10.0. The summed E-state index contributed by atoms with van der Waals surface area (Å²) in [6, 6.07) is 2.60. The van der Waals surface area contributed by atoms with Gasteiger partial charge >= 0.3 is 0 Å². The molecule has 0 aliphatic carbocycles. The molecule has 1 aromatic carbocycles. The summed E-state index contributed by atoms with van der Waals surface area (Å²) in [5.41, 5.74) is 5.94. The van der Waals surface area contributed by atoms with Crippen molar-refractivity contribution in [3.05, 3.63) is 33.6 Å². The molecule has 0 saturated carbocycles. The Morgan fingerprint density at radius 1 is 1.46 bits per heavy atom. The summed E-state index contributed by atoms with van der Waals surface area (Å²) in [5.74, 6) is -0.355. The summed E-state index contributed by atoms with van der Waals surface area (Å²) in [6.07, 6.45) is 0.394. The molecule has 0 aliphatic heterocycles. The fourth-order valence-corrected chi connectivity index (χ4v) is 1.49. The number of nitrogens with two attached hydrogens (primary N) is 1. The Kier molecular flexibility index (Phi) is 3.54. The van der Waals surface area contributed by atoms with Gasteiger partial charge in [-0.05, 0) is 25.5 Å². The summed E-state index contributed by atoms with van der Waals surface area (Å²) in [7, 11) is 0. The minimum Gasteiger partial charge on any atom is -0.328 e. The number of hydrogen-bond acceptors (Lipinski definition) is 1. The maximum Gasteiger partial charge on any atom is 0.128 e. The molecule has 1 nitrogen and oxygen atoms in total. The second-order valence-electron chi connectivity index (χ2n) is 3.00. The lowest BCUT2D eigenvalue weighted by Crippen LogP contribution is -2.18. The van der Waals surface area contributed by atoms with E-state index in [4.69, 9.17) is 28.9 Å². The molecule has 1 atom stereocenters. The van der Waals surface area contributed by atoms with Crippen LogP contribution in [0.5, 0.6) is 0 Å². The molecule has 13 heavy (non-hydrogen) atoms. The third kappa shape index (κ3) is 2.56. The standard InChI is InChI=1S/C9H10Cl2FN/c1-5(13)4-6-8(12)3-2-7(10)9(6)11/h2-3,5H,4,13H2,1H3. The molecule has 0 aromatic heterocycles. The van der Waals surface area contributed by atoms with Crippen LogP contribution in [0.1, 0.15) is 12.5 Å². The molecule has 0 aliphatic rings. The van der Waals surface area contributed by atoms with Gasteiger partial charge in [-0.3, -0.25) is 0 Å². The van der Waals surface area contributed by atoms with E-state index < -0.39 is 0 Å². The van der Waals surface area contributed by atoms with Crippen molar-refractivity contribution in [3.8, 4) is 0 Å². The van der Waals surface area contributed by atoms with Crippen LogP contribution in [0.15, 0.2) is 12.1 Å². The average molecular weight is 222 g/mol. The highest BCUT2D eigenvalue weighted by Crippen LogP contribution is 2.28. The molecule has 1 rings (SSSR count). The van der Waals surface area contributed by atoms with Gasteiger partial charge in [0.2, 0.25) is 0 Å². The quantitative estimate of drug-likeness (QED) is 0.764. The molecule has 0 heterocycles. The highest BCUT2D eigenvalue weighted by Gasteiger charge is 2.11. The third-order valence-electron chi connectivity index (χ3n) is 1.67. The van der Waals surface area contributed by atoms with E-state index in [0.29, 0.717) is 17.0 Å². The molecule has 0 radical (unpaired) electrons. The van der Waals surface area contributed by atoms with Gasteiger partial charge in [0.05, 0.1) is 10.0 Å². The first-order valence-electron chi connectivity index (χ1n) is 3.90. The van der Waals surface area contributed by atoms with Gasteiger partial charge in [-0.1, -0.05) is 23.2 Å². The molecule has 0 amide bonds. The van der Waals surface area contributed by atoms with Gasteiger partial charge in [-0.25, -0.2) is 4.39 Å². The predicted octanol–water partition coefficient (Wildman–Crippen LogP) is 3.02. The molecule has 1 aromatic rings. The molecular weight excluding hydrogens is 212 g/mol. The fraction of sp³-hybridized carbons (Fsp3) is 0.333.